The normalized spacial score (nSPS) is 22.3. The average molecular weight is 1220 g/mol. The number of benzene rings is 1. The number of unbranched alkanes of at least 4 members (excludes halogenated alkanes) is 5. The van der Waals surface area contributed by atoms with Crippen molar-refractivity contribution in [3.8, 4) is 0 Å². The van der Waals surface area contributed by atoms with Crippen LogP contribution in [0.2, 0.25) is 0 Å². The fourth-order valence-corrected chi connectivity index (χ4v) is 11.2. The van der Waals surface area contributed by atoms with Gasteiger partial charge in [0.05, 0.1) is 12.1 Å². The van der Waals surface area contributed by atoms with Gasteiger partial charge in [0.25, 0.3) is 0 Å². The highest BCUT2D eigenvalue weighted by Crippen LogP contribution is 2.24. The molecule has 2 rings (SSSR count). The Morgan fingerprint density at radius 1 is 0.548 bits per heavy atom. The predicted octanol–water partition coefficient (Wildman–Crippen LogP) is -2.53. The molecule has 0 spiro atoms. The monoisotopic (exact) mass is 1220 g/mol. The van der Waals surface area contributed by atoms with Crippen LogP contribution in [0.15, 0.2) is 30.3 Å². The van der Waals surface area contributed by atoms with Crippen LogP contribution in [0.25, 0.3) is 0 Å². The Morgan fingerprint density at radius 2 is 0.988 bits per heavy atom. The average Bonchev–Trinajstić information content (AvgIpc) is 3.67. The highest BCUT2D eigenvalue weighted by molar-refractivity contribution is 8.76. The topological polar surface area (TPSA) is 476 Å². The first-order valence-electron chi connectivity index (χ1n) is 29.3. The van der Waals surface area contributed by atoms with E-state index in [0.717, 1.165) is 21.6 Å². The van der Waals surface area contributed by atoms with Gasteiger partial charge in [-0.25, -0.2) is 4.79 Å². The van der Waals surface area contributed by atoms with Crippen molar-refractivity contribution in [2.24, 2.45) is 40.3 Å². The highest BCUT2D eigenvalue weighted by Gasteiger charge is 2.37. The molecule has 1 aromatic rings. The molecule has 9 amide bonds. The van der Waals surface area contributed by atoms with Gasteiger partial charge in [-0.15, -0.1) is 0 Å². The standard InChI is InChI=1S/C55H97N15O12S2/c1-33(2)29-41-51(77)63-37(20-8-13-25-57)47(73)62-39(22-10-15-27-59)50(76)69-44(55(81)82)32-84-83-31-43(53(79)64-38(21-9-14-26-58)48(74)67-42(52(78)66-41)30-35-17-5-4-6-18-35)68-49(75)40(23-11-16-28-60)65-54(80)45(34(3)71)70-46(72)36(61)19-7-12-24-56/h4-6,17-18,33-34,36-45,71H,7-16,19-32,56-61H2,1-3H3,(H,62,73)(H,63,77)(H,64,79)(H,65,80)(H,66,78)(H,67,74)(H,68,75)(H,69,76)(H,70,72)(H,81,82)/t34-,36+,37?,38+,39+,40+,41?,42?,43?,44+,45+/m1/s1. The molecule has 0 bridgehead atoms. The maximum absolute atomic E-state index is 14.7. The summed E-state index contributed by atoms with van der Waals surface area (Å²) >= 11 is 0. The molecule has 23 N–H and O–H groups in total. The molecular weight excluding hydrogens is 1130 g/mol. The van der Waals surface area contributed by atoms with E-state index < -0.39 is 126 Å². The summed E-state index contributed by atoms with van der Waals surface area (Å²) in [5, 5.41) is 45.1. The summed E-state index contributed by atoms with van der Waals surface area (Å²) in [5.74, 6) is -9.57. The lowest BCUT2D eigenvalue weighted by Gasteiger charge is -2.29. The number of carboxylic acid groups (broad SMARTS) is 1. The van der Waals surface area contributed by atoms with Gasteiger partial charge in [0.15, 0.2) is 0 Å². The number of carbonyl (C=O) groups excluding carboxylic acids is 9. The molecule has 27 nitrogen and oxygen atoms in total. The number of hydrogen-bond acceptors (Lipinski definition) is 19. The van der Waals surface area contributed by atoms with Gasteiger partial charge in [0.2, 0.25) is 53.2 Å². The second-order valence-corrected chi connectivity index (χ2v) is 24.0. The molecule has 1 saturated heterocycles. The second-order valence-electron chi connectivity index (χ2n) is 21.5. The molecular formula is C55H97N15O12S2. The van der Waals surface area contributed by atoms with Crippen LogP contribution in [0.1, 0.15) is 129 Å². The van der Waals surface area contributed by atoms with E-state index in [-0.39, 0.29) is 88.5 Å². The van der Waals surface area contributed by atoms with Crippen molar-refractivity contribution in [1.82, 2.24) is 47.9 Å². The van der Waals surface area contributed by atoms with Crippen LogP contribution in [0, 0.1) is 5.92 Å². The number of aliphatic carboxylic acids is 1. The van der Waals surface area contributed by atoms with E-state index in [4.69, 9.17) is 34.4 Å². The first kappa shape index (κ1) is 74.4. The number of carbonyl (C=O) groups is 10. The van der Waals surface area contributed by atoms with Crippen molar-refractivity contribution in [3.63, 3.8) is 0 Å². The van der Waals surface area contributed by atoms with Crippen LogP contribution in [-0.4, -0.2) is 180 Å². The van der Waals surface area contributed by atoms with E-state index in [1.807, 2.05) is 13.8 Å². The number of hydrogen-bond donors (Lipinski definition) is 17. The largest absolute Gasteiger partial charge is 0.480 e. The molecule has 1 aromatic carbocycles. The van der Waals surface area contributed by atoms with Crippen LogP contribution in [-0.2, 0) is 54.4 Å². The lowest BCUT2D eigenvalue weighted by molar-refractivity contribution is -0.141. The number of nitrogens with two attached hydrogens (primary N) is 6. The summed E-state index contributed by atoms with van der Waals surface area (Å²) < 4.78 is 0. The van der Waals surface area contributed by atoms with E-state index in [2.05, 4.69) is 47.9 Å². The van der Waals surface area contributed by atoms with Crippen LogP contribution in [0.5, 0.6) is 0 Å². The minimum Gasteiger partial charge on any atom is -0.480 e. The van der Waals surface area contributed by atoms with Gasteiger partial charge in [-0.3, -0.25) is 43.2 Å². The molecule has 0 saturated carbocycles. The zero-order valence-corrected chi connectivity index (χ0v) is 50.7. The van der Waals surface area contributed by atoms with Crippen molar-refractivity contribution in [3.05, 3.63) is 35.9 Å². The zero-order valence-electron chi connectivity index (χ0n) is 49.0. The summed E-state index contributed by atoms with van der Waals surface area (Å²) in [6.07, 6.45) is 3.17. The van der Waals surface area contributed by atoms with Gasteiger partial charge in [-0.1, -0.05) is 72.2 Å². The summed E-state index contributed by atoms with van der Waals surface area (Å²) in [6.45, 7) is 6.30. The van der Waals surface area contributed by atoms with Crippen LogP contribution in [0.4, 0.5) is 0 Å². The van der Waals surface area contributed by atoms with Crippen molar-refractivity contribution in [2.75, 3.05) is 44.2 Å². The van der Waals surface area contributed by atoms with E-state index >= 15 is 0 Å². The molecule has 1 heterocycles. The van der Waals surface area contributed by atoms with Crippen LogP contribution < -0.4 is 82.3 Å². The summed E-state index contributed by atoms with van der Waals surface area (Å²) in [6, 6.07) is -4.82. The van der Waals surface area contributed by atoms with Gasteiger partial charge in [0, 0.05) is 17.9 Å². The van der Waals surface area contributed by atoms with Crippen LogP contribution >= 0.6 is 21.6 Å². The van der Waals surface area contributed by atoms with Gasteiger partial charge in [0.1, 0.15) is 54.4 Å². The number of nitrogens with one attached hydrogen (secondary N) is 9. The SMILES string of the molecule is CC(C)CC1NC(=O)C(Cc2ccccc2)NC(=O)[C@H](CCCCN)NC(=O)C(NC(=O)[C@H](CCCCN)NC(=O)[C@@H](NC(=O)[C@@H](N)CCCCN)[C@@H](C)O)CSSC[C@@H](C(=O)O)NC(=O)[C@H](CCCCN)NC(=O)C(CCCCN)NC1=O. The number of amides is 9. The Bertz CT molecular complexity index is 2210. The number of aliphatic hydroxyl groups is 1. The van der Waals surface area contributed by atoms with E-state index in [1.54, 1.807) is 30.3 Å². The van der Waals surface area contributed by atoms with Gasteiger partial charge in [-0.2, -0.15) is 0 Å². The lowest BCUT2D eigenvalue weighted by atomic mass is 9.99. The predicted molar refractivity (Wildman–Crippen MR) is 324 cm³/mol. The number of rotatable bonds is 32. The fourth-order valence-electron chi connectivity index (χ4n) is 8.87. The van der Waals surface area contributed by atoms with Crippen molar-refractivity contribution in [1.29, 1.82) is 0 Å². The summed E-state index contributed by atoms with van der Waals surface area (Å²) in [5.41, 5.74) is 35.5. The number of aliphatic hydroxyl groups excluding tert-OH is 1. The Morgan fingerprint density at radius 3 is 1.49 bits per heavy atom. The molecule has 1 fully saturated rings. The molecule has 84 heavy (non-hydrogen) atoms. The van der Waals surface area contributed by atoms with E-state index in [0.29, 0.717) is 76.3 Å². The molecule has 1 aliphatic heterocycles. The minimum absolute atomic E-state index is 0.00287. The Hall–Kier alpha value is -5.66. The van der Waals surface area contributed by atoms with Crippen LogP contribution in [0.3, 0.4) is 0 Å². The zero-order chi connectivity index (χ0) is 62.6. The summed E-state index contributed by atoms with van der Waals surface area (Å²) in [4.78, 5) is 141. The first-order chi connectivity index (χ1) is 40.1. The van der Waals surface area contributed by atoms with Crippen molar-refractivity contribution >= 4 is 80.7 Å². The highest BCUT2D eigenvalue weighted by atomic mass is 33.1. The lowest BCUT2D eigenvalue weighted by Crippen LogP contribution is -2.61. The number of carboxylic acids is 1. The Balaban J connectivity index is 2.81. The minimum atomic E-state index is -1.57. The third-order valence-electron chi connectivity index (χ3n) is 13.7. The van der Waals surface area contributed by atoms with Gasteiger partial charge >= 0.3 is 5.97 Å². The molecule has 0 aliphatic carbocycles. The molecule has 4 unspecified atom stereocenters. The van der Waals surface area contributed by atoms with Crippen molar-refractivity contribution < 1.29 is 58.2 Å². The second kappa shape index (κ2) is 42.2. The molecule has 0 aromatic heterocycles. The van der Waals surface area contributed by atoms with Crippen molar-refractivity contribution in [2.45, 2.75) is 196 Å². The van der Waals surface area contributed by atoms with E-state index in [9.17, 15) is 58.2 Å². The molecule has 29 heteroatoms. The Kier molecular flexibility index (Phi) is 37.4. The first-order valence-corrected chi connectivity index (χ1v) is 31.8. The third kappa shape index (κ3) is 29.0. The quantitative estimate of drug-likeness (QED) is 0.0261. The van der Waals surface area contributed by atoms with E-state index in [1.165, 1.54) is 6.92 Å². The van der Waals surface area contributed by atoms with Gasteiger partial charge in [-0.05, 0) is 147 Å². The Labute approximate surface area is 501 Å². The van der Waals surface area contributed by atoms with Gasteiger partial charge < -0.3 is 92.5 Å². The molecule has 11 atom stereocenters. The maximum Gasteiger partial charge on any atom is 0.327 e. The third-order valence-corrected chi connectivity index (χ3v) is 16.2. The summed E-state index contributed by atoms with van der Waals surface area (Å²) in [7, 11) is 1.86. The molecule has 0 radical (unpaired) electrons. The molecule has 476 valence electrons. The smallest absolute Gasteiger partial charge is 0.327 e. The molecule has 1 aliphatic rings. The fraction of sp³-hybridized carbons (Fsp3) is 0.709. The maximum atomic E-state index is 14.7.